The highest BCUT2D eigenvalue weighted by Gasteiger charge is 2.38. The number of likely N-dealkylation sites (tertiary alicyclic amines) is 1. The normalized spacial score (nSPS) is 26.0. The van der Waals surface area contributed by atoms with Gasteiger partial charge < -0.3 is 15.2 Å². The fourth-order valence-corrected chi connectivity index (χ4v) is 3.26. The van der Waals surface area contributed by atoms with Crippen molar-refractivity contribution in [3.05, 3.63) is 35.4 Å². The molecule has 1 aromatic rings. The lowest BCUT2D eigenvalue weighted by Gasteiger charge is -2.32. The van der Waals surface area contributed by atoms with Crippen LogP contribution < -0.4 is 5.73 Å². The largest absolute Gasteiger partial charge is 0.377 e. The number of nitrogens with two attached hydrogens (primary N) is 1. The highest BCUT2D eigenvalue weighted by Crippen LogP contribution is 2.30. The molecule has 1 saturated heterocycles. The molecule has 4 atom stereocenters. The lowest BCUT2D eigenvalue weighted by molar-refractivity contribution is -0.00461. The van der Waals surface area contributed by atoms with Crippen molar-refractivity contribution in [3.63, 3.8) is 0 Å². The zero-order valence-corrected chi connectivity index (χ0v) is 13.6. The lowest BCUT2D eigenvalue weighted by atomic mass is 9.95. The first-order valence-electron chi connectivity index (χ1n) is 7.72. The Labute approximate surface area is 128 Å². The molecule has 4 nitrogen and oxygen atoms in total. The maximum Gasteiger partial charge on any atom is 0.0972 e. The third-order valence-corrected chi connectivity index (χ3v) is 4.50. The van der Waals surface area contributed by atoms with Gasteiger partial charge >= 0.3 is 0 Å². The Bertz CT molecular complexity index is 440. The predicted molar refractivity (Wildman–Crippen MR) is 85.4 cm³/mol. The number of rotatable bonds is 6. The lowest BCUT2D eigenvalue weighted by Crippen LogP contribution is -2.40. The molecule has 0 radical (unpaired) electrons. The molecule has 118 valence electrons. The van der Waals surface area contributed by atoms with Crippen molar-refractivity contribution in [2.45, 2.75) is 44.6 Å². The Hall–Kier alpha value is -0.940. The number of nitrogens with zero attached hydrogens (tertiary/aromatic N) is 1. The molecule has 0 aliphatic carbocycles. The summed E-state index contributed by atoms with van der Waals surface area (Å²) in [6, 6.07) is 8.97. The number of hydrogen-bond acceptors (Lipinski definition) is 4. The third-order valence-electron chi connectivity index (χ3n) is 4.50. The SMILES string of the molecule is CCC(N)C(c1cccc(C)c1)N1CC(OC)C(OC)C1. The number of ether oxygens (including phenoxy) is 2. The van der Waals surface area contributed by atoms with Crippen LogP contribution in [0.15, 0.2) is 24.3 Å². The van der Waals surface area contributed by atoms with Crippen molar-refractivity contribution in [2.75, 3.05) is 27.3 Å². The molecule has 4 unspecified atom stereocenters. The summed E-state index contributed by atoms with van der Waals surface area (Å²) in [6.07, 6.45) is 1.18. The van der Waals surface area contributed by atoms with E-state index in [4.69, 9.17) is 15.2 Å². The summed E-state index contributed by atoms with van der Waals surface area (Å²) in [5.41, 5.74) is 8.99. The van der Waals surface area contributed by atoms with Crippen LogP contribution in [0.5, 0.6) is 0 Å². The standard InChI is InChI=1S/C17H28N2O2/c1-5-14(18)17(13-8-6-7-12(2)9-13)19-10-15(20-3)16(11-19)21-4/h6-9,14-17H,5,10-11,18H2,1-4H3. The van der Waals surface area contributed by atoms with Crippen molar-refractivity contribution in [1.29, 1.82) is 0 Å². The van der Waals surface area contributed by atoms with Crippen molar-refractivity contribution in [1.82, 2.24) is 4.90 Å². The van der Waals surface area contributed by atoms with Crippen molar-refractivity contribution >= 4 is 0 Å². The van der Waals surface area contributed by atoms with Gasteiger partial charge in [0.2, 0.25) is 0 Å². The minimum Gasteiger partial charge on any atom is -0.377 e. The van der Waals surface area contributed by atoms with Crippen LogP contribution >= 0.6 is 0 Å². The number of aryl methyl sites for hydroxylation is 1. The smallest absolute Gasteiger partial charge is 0.0972 e. The number of methoxy groups -OCH3 is 2. The van der Waals surface area contributed by atoms with E-state index < -0.39 is 0 Å². The van der Waals surface area contributed by atoms with E-state index in [1.165, 1.54) is 11.1 Å². The highest BCUT2D eigenvalue weighted by molar-refractivity contribution is 5.26. The Kier molecular flexibility index (Phi) is 5.76. The van der Waals surface area contributed by atoms with Gasteiger partial charge in [0, 0.05) is 33.4 Å². The summed E-state index contributed by atoms with van der Waals surface area (Å²) in [5.74, 6) is 0. The van der Waals surface area contributed by atoms with Gasteiger partial charge in [0.15, 0.2) is 0 Å². The summed E-state index contributed by atoms with van der Waals surface area (Å²) < 4.78 is 11.1. The van der Waals surface area contributed by atoms with E-state index >= 15 is 0 Å². The minimum absolute atomic E-state index is 0.111. The molecule has 2 N–H and O–H groups in total. The monoisotopic (exact) mass is 292 g/mol. The van der Waals surface area contributed by atoms with Crippen LogP contribution in [0.3, 0.4) is 0 Å². The average Bonchev–Trinajstić information content (AvgIpc) is 2.90. The molecule has 0 amide bonds. The molecule has 0 saturated carbocycles. The van der Waals surface area contributed by atoms with Crippen LogP contribution in [0, 0.1) is 6.92 Å². The van der Waals surface area contributed by atoms with Gasteiger partial charge in [-0.05, 0) is 18.9 Å². The molecule has 1 fully saturated rings. The molecule has 0 bridgehead atoms. The second-order valence-electron chi connectivity index (χ2n) is 5.93. The fourth-order valence-electron chi connectivity index (χ4n) is 3.26. The second-order valence-corrected chi connectivity index (χ2v) is 5.93. The van der Waals surface area contributed by atoms with E-state index in [2.05, 4.69) is 43.0 Å². The van der Waals surface area contributed by atoms with Gasteiger partial charge in [0.05, 0.1) is 18.2 Å². The van der Waals surface area contributed by atoms with Crippen LogP contribution in [0.2, 0.25) is 0 Å². The van der Waals surface area contributed by atoms with Gasteiger partial charge in [-0.3, -0.25) is 4.90 Å². The van der Waals surface area contributed by atoms with Crippen molar-refractivity contribution in [3.8, 4) is 0 Å². The van der Waals surface area contributed by atoms with Gasteiger partial charge in [0.25, 0.3) is 0 Å². The van der Waals surface area contributed by atoms with E-state index in [1.54, 1.807) is 14.2 Å². The predicted octanol–water partition coefficient (Wildman–Crippen LogP) is 2.12. The van der Waals surface area contributed by atoms with Crippen LogP contribution in [-0.4, -0.2) is 50.5 Å². The van der Waals surface area contributed by atoms with Gasteiger partial charge in [-0.2, -0.15) is 0 Å². The zero-order valence-electron chi connectivity index (χ0n) is 13.6. The third kappa shape index (κ3) is 3.64. The van der Waals surface area contributed by atoms with Gasteiger partial charge in [-0.15, -0.1) is 0 Å². The highest BCUT2D eigenvalue weighted by atomic mass is 16.5. The Morgan fingerprint density at radius 2 is 1.86 bits per heavy atom. The van der Waals surface area contributed by atoms with E-state index in [1.807, 2.05) is 0 Å². The molecule has 1 aliphatic rings. The molecule has 4 heteroatoms. The molecule has 1 heterocycles. The van der Waals surface area contributed by atoms with Crippen molar-refractivity contribution < 1.29 is 9.47 Å². The molecule has 0 spiro atoms. The van der Waals surface area contributed by atoms with Gasteiger partial charge in [0.1, 0.15) is 0 Å². The molecule has 0 aromatic heterocycles. The van der Waals surface area contributed by atoms with Crippen LogP contribution in [0.4, 0.5) is 0 Å². The van der Waals surface area contributed by atoms with E-state index in [-0.39, 0.29) is 24.3 Å². The Morgan fingerprint density at radius 1 is 1.24 bits per heavy atom. The fraction of sp³-hybridized carbons (Fsp3) is 0.647. The number of hydrogen-bond donors (Lipinski definition) is 1. The number of benzene rings is 1. The van der Waals surface area contributed by atoms with E-state index in [0.717, 1.165) is 19.5 Å². The van der Waals surface area contributed by atoms with Gasteiger partial charge in [-0.1, -0.05) is 36.8 Å². The molecule has 2 rings (SSSR count). The first-order chi connectivity index (χ1) is 10.1. The summed E-state index contributed by atoms with van der Waals surface area (Å²) in [6.45, 7) is 5.99. The molecular weight excluding hydrogens is 264 g/mol. The minimum atomic E-state index is 0.111. The van der Waals surface area contributed by atoms with Crippen LogP contribution in [-0.2, 0) is 9.47 Å². The van der Waals surface area contributed by atoms with Gasteiger partial charge in [-0.25, -0.2) is 0 Å². The zero-order chi connectivity index (χ0) is 15.4. The molecule has 1 aromatic carbocycles. The molecule has 1 aliphatic heterocycles. The summed E-state index contributed by atoms with van der Waals surface area (Å²) in [7, 11) is 3.50. The summed E-state index contributed by atoms with van der Waals surface area (Å²) in [4.78, 5) is 2.41. The Balaban J connectivity index is 2.25. The maximum atomic E-state index is 6.43. The average molecular weight is 292 g/mol. The molecular formula is C17H28N2O2. The topological polar surface area (TPSA) is 47.7 Å². The Morgan fingerprint density at radius 3 is 2.33 bits per heavy atom. The van der Waals surface area contributed by atoms with E-state index in [9.17, 15) is 0 Å². The molecule has 21 heavy (non-hydrogen) atoms. The first kappa shape index (κ1) is 16.4. The van der Waals surface area contributed by atoms with Crippen molar-refractivity contribution in [2.24, 2.45) is 5.73 Å². The summed E-state index contributed by atoms with van der Waals surface area (Å²) in [5, 5.41) is 0. The van der Waals surface area contributed by atoms with Crippen LogP contribution in [0.1, 0.15) is 30.5 Å². The maximum absolute atomic E-state index is 6.43. The van der Waals surface area contributed by atoms with E-state index in [0.29, 0.717) is 0 Å². The quantitative estimate of drug-likeness (QED) is 0.872. The summed E-state index contributed by atoms with van der Waals surface area (Å²) >= 11 is 0. The second kappa shape index (κ2) is 7.36. The van der Waals surface area contributed by atoms with Crippen LogP contribution in [0.25, 0.3) is 0 Å². The first-order valence-corrected chi connectivity index (χ1v) is 7.72.